The Morgan fingerprint density at radius 2 is 1.91 bits per heavy atom. The maximum absolute atomic E-state index is 13.6. The summed E-state index contributed by atoms with van der Waals surface area (Å²) >= 11 is 0. The van der Waals surface area contributed by atoms with Crippen molar-refractivity contribution >= 4 is 17.3 Å². The highest BCUT2D eigenvalue weighted by molar-refractivity contribution is 6.08. The Kier molecular flexibility index (Phi) is 3.51. The van der Waals surface area contributed by atoms with Crippen LogP contribution in [0.25, 0.3) is 0 Å². The zero-order chi connectivity index (χ0) is 16.7. The molecule has 1 aliphatic rings. The fourth-order valence-electron chi connectivity index (χ4n) is 2.60. The van der Waals surface area contributed by atoms with E-state index in [0.29, 0.717) is 24.5 Å². The Morgan fingerprint density at radius 3 is 2.65 bits per heavy atom. The maximum atomic E-state index is 13.6. The normalized spacial score (nSPS) is 13.9. The van der Waals surface area contributed by atoms with Crippen molar-refractivity contribution in [3.05, 3.63) is 56.6 Å². The molecule has 0 unspecified atom stereocenters. The van der Waals surface area contributed by atoms with Crippen LogP contribution in [0.1, 0.15) is 10.4 Å². The molecule has 7 nitrogen and oxygen atoms in total. The van der Waals surface area contributed by atoms with Gasteiger partial charge in [-0.05, 0) is 18.2 Å². The third kappa shape index (κ3) is 2.52. The second-order valence-electron chi connectivity index (χ2n) is 5.42. The van der Waals surface area contributed by atoms with Crippen LogP contribution in [0, 0.1) is 5.82 Å². The average molecular weight is 318 g/mol. The molecule has 0 saturated carbocycles. The lowest BCUT2D eigenvalue weighted by Gasteiger charge is -2.35. The van der Waals surface area contributed by atoms with Crippen LogP contribution in [0.5, 0.6) is 0 Å². The molecule has 1 aliphatic heterocycles. The standard InChI is InChI=1S/C15H15FN4O3/c1-18-5-6-20(12-7-9(16)3-4-11(12)18)14(22)10-8-19(2)15(23)17-13(10)21/h3-4,7-8H,5-6H2,1-2H3,(H,17,21,23). The summed E-state index contributed by atoms with van der Waals surface area (Å²) in [4.78, 5) is 41.4. The van der Waals surface area contributed by atoms with Gasteiger partial charge in [-0.15, -0.1) is 0 Å². The van der Waals surface area contributed by atoms with Gasteiger partial charge < -0.3 is 14.4 Å². The number of benzene rings is 1. The lowest BCUT2D eigenvalue weighted by molar-refractivity contribution is 0.0984. The summed E-state index contributed by atoms with van der Waals surface area (Å²) in [6.45, 7) is 0.863. The summed E-state index contributed by atoms with van der Waals surface area (Å²) in [6, 6.07) is 4.18. The van der Waals surface area contributed by atoms with E-state index in [4.69, 9.17) is 0 Å². The number of fused-ring (bicyclic) bond motifs is 1. The van der Waals surface area contributed by atoms with Gasteiger partial charge >= 0.3 is 5.69 Å². The van der Waals surface area contributed by atoms with Crippen molar-refractivity contribution in [2.45, 2.75) is 0 Å². The van der Waals surface area contributed by atoms with Gasteiger partial charge in [-0.2, -0.15) is 0 Å². The van der Waals surface area contributed by atoms with Crippen molar-refractivity contribution in [2.75, 3.05) is 29.9 Å². The number of nitrogens with one attached hydrogen (secondary N) is 1. The van der Waals surface area contributed by atoms with Gasteiger partial charge in [0.25, 0.3) is 11.5 Å². The molecule has 1 amide bonds. The van der Waals surface area contributed by atoms with Crippen LogP contribution in [-0.2, 0) is 7.05 Å². The number of carbonyl (C=O) groups excluding carboxylic acids is 1. The van der Waals surface area contributed by atoms with Gasteiger partial charge in [0.1, 0.15) is 11.4 Å². The molecule has 1 N–H and O–H groups in total. The minimum absolute atomic E-state index is 0.160. The summed E-state index contributed by atoms with van der Waals surface area (Å²) < 4.78 is 14.7. The number of aryl methyl sites for hydroxylation is 1. The molecule has 0 fully saturated rings. The van der Waals surface area contributed by atoms with E-state index in [9.17, 15) is 18.8 Å². The van der Waals surface area contributed by atoms with Gasteiger partial charge in [-0.25, -0.2) is 9.18 Å². The first-order chi connectivity index (χ1) is 10.9. The predicted octanol–water partition coefficient (Wildman–Crippen LogP) is 0.309. The minimum Gasteiger partial charge on any atom is -0.371 e. The van der Waals surface area contributed by atoms with E-state index < -0.39 is 23.0 Å². The van der Waals surface area contributed by atoms with Crippen LogP contribution in [-0.4, -0.2) is 35.6 Å². The molecule has 8 heteroatoms. The number of aromatic amines is 1. The van der Waals surface area contributed by atoms with Crippen molar-refractivity contribution in [3.8, 4) is 0 Å². The molecule has 2 aromatic rings. The fraction of sp³-hybridized carbons (Fsp3) is 0.267. The van der Waals surface area contributed by atoms with Gasteiger partial charge in [-0.1, -0.05) is 0 Å². The number of aromatic nitrogens is 2. The van der Waals surface area contributed by atoms with E-state index in [-0.39, 0.29) is 5.56 Å². The van der Waals surface area contributed by atoms with Crippen LogP contribution in [0.15, 0.2) is 34.0 Å². The lowest BCUT2D eigenvalue weighted by atomic mass is 10.1. The number of nitrogens with zero attached hydrogens (tertiary/aromatic N) is 3. The smallest absolute Gasteiger partial charge is 0.328 e. The largest absolute Gasteiger partial charge is 0.371 e. The number of hydrogen-bond donors (Lipinski definition) is 1. The molecule has 0 radical (unpaired) electrons. The Bertz CT molecular complexity index is 902. The first-order valence-electron chi connectivity index (χ1n) is 7.01. The highest BCUT2D eigenvalue weighted by atomic mass is 19.1. The zero-order valence-electron chi connectivity index (χ0n) is 12.7. The van der Waals surface area contributed by atoms with Crippen LogP contribution < -0.4 is 21.0 Å². The number of carbonyl (C=O) groups is 1. The summed E-state index contributed by atoms with van der Waals surface area (Å²) in [5.74, 6) is -1.03. The lowest BCUT2D eigenvalue weighted by Crippen LogP contribution is -2.45. The number of amides is 1. The van der Waals surface area contributed by atoms with Gasteiger partial charge in [-0.3, -0.25) is 14.6 Å². The Morgan fingerprint density at radius 1 is 1.17 bits per heavy atom. The second-order valence-corrected chi connectivity index (χ2v) is 5.42. The number of rotatable bonds is 1. The molecule has 0 spiro atoms. The van der Waals surface area contributed by atoms with Crippen LogP contribution in [0.4, 0.5) is 15.8 Å². The molecule has 0 bridgehead atoms. The summed E-state index contributed by atoms with van der Waals surface area (Å²) in [5, 5.41) is 0. The Hall–Kier alpha value is -2.90. The predicted molar refractivity (Wildman–Crippen MR) is 83.7 cm³/mol. The van der Waals surface area contributed by atoms with Crippen molar-refractivity contribution in [1.29, 1.82) is 0 Å². The third-order valence-electron chi connectivity index (χ3n) is 3.88. The van der Waals surface area contributed by atoms with Crippen LogP contribution in [0.3, 0.4) is 0 Å². The highest BCUT2D eigenvalue weighted by Crippen LogP contribution is 2.33. The molecule has 1 aromatic heterocycles. The first kappa shape index (κ1) is 15.0. The van der Waals surface area contributed by atoms with Gasteiger partial charge in [0.05, 0.1) is 11.4 Å². The third-order valence-corrected chi connectivity index (χ3v) is 3.88. The second kappa shape index (κ2) is 5.38. The van der Waals surface area contributed by atoms with Crippen molar-refractivity contribution in [3.63, 3.8) is 0 Å². The van der Waals surface area contributed by atoms with E-state index in [2.05, 4.69) is 4.98 Å². The Labute approximate surface area is 130 Å². The van der Waals surface area contributed by atoms with Crippen LogP contribution in [0.2, 0.25) is 0 Å². The van der Waals surface area contributed by atoms with Crippen LogP contribution >= 0.6 is 0 Å². The number of anilines is 2. The van der Waals surface area contributed by atoms with E-state index in [1.165, 1.54) is 30.3 Å². The molecular weight excluding hydrogens is 303 g/mol. The first-order valence-corrected chi connectivity index (χ1v) is 7.01. The number of hydrogen-bond acceptors (Lipinski definition) is 4. The molecule has 23 heavy (non-hydrogen) atoms. The number of halogens is 1. The molecular formula is C15H15FN4O3. The zero-order valence-corrected chi connectivity index (χ0v) is 12.7. The number of H-pyrrole nitrogens is 1. The van der Waals surface area contributed by atoms with Crippen molar-refractivity contribution in [1.82, 2.24) is 9.55 Å². The molecule has 2 heterocycles. The summed E-state index contributed by atoms with van der Waals surface area (Å²) in [5.41, 5.74) is -0.414. The molecule has 1 aromatic carbocycles. The average Bonchev–Trinajstić information content (AvgIpc) is 2.50. The molecule has 0 saturated heterocycles. The minimum atomic E-state index is -0.755. The molecule has 0 aliphatic carbocycles. The van der Waals surface area contributed by atoms with Gasteiger partial charge in [0, 0.05) is 33.4 Å². The summed E-state index contributed by atoms with van der Waals surface area (Å²) in [7, 11) is 3.28. The number of likely N-dealkylation sites (N-methyl/N-ethyl adjacent to an activating group) is 1. The maximum Gasteiger partial charge on any atom is 0.328 e. The van der Waals surface area contributed by atoms with E-state index in [0.717, 1.165) is 4.57 Å². The van der Waals surface area contributed by atoms with E-state index in [1.807, 2.05) is 11.9 Å². The topological polar surface area (TPSA) is 78.4 Å². The molecule has 0 atom stereocenters. The fourth-order valence-corrected chi connectivity index (χ4v) is 2.60. The van der Waals surface area contributed by atoms with E-state index in [1.54, 1.807) is 6.07 Å². The molecule has 120 valence electrons. The highest BCUT2D eigenvalue weighted by Gasteiger charge is 2.28. The van der Waals surface area contributed by atoms with Crippen molar-refractivity contribution in [2.24, 2.45) is 7.05 Å². The monoisotopic (exact) mass is 318 g/mol. The molecule has 3 rings (SSSR count). The SMILES string of the molecule is CN1CCN(C(=O)c2cn(C)c(=O)[nH]c2=O)c2cc(F)ccc21. The Balaban J connectivity index is 2.10. The summed E-state index contributed by atoms with van der Waals surface area (Å²) in [6.07, 6.45) is 1.20. The van der Waals surface area contributed by atoms with E-state index >= 15 is 0 Å². The van der Waals surface area contributed by atoms with Gasteiger partial charge in [0.15, 0.2) is 0 Å². The van der Waals surface area contributed by atoms with Crippen molar-refractivity contribution < 1.29 is 9.18 Å². The quantitative estimate of drug-likeness (QED) is 0.821. The van der Waals surface area contributed by atoms with Gasteiger partial charge in [0.2, 0.25) is 0 Å².